The zero-order chi connectivity index (χ0) is 15.4. The summed E-state index contributed by atoms with van der Waals surface area (Å²) in [4.78, 5) is 36.3. The fraction of sp³-hybridized carbons (Fsp3) is 0.357. The van der Waals surface area contributed by atoms with Gasteiger partial charge in [-0.3, -0.25) is 14.5 Å². The summed E-state index contributed by atoms with van der Waals surface area (Å²) >= 11 is 0. The first-order chi connectivity index (χ1) is 10.0. The normalized spacial score (nSPS) is 17.8. The number of hydrogen-bond donors (Lipinski definition) is 2. The Morgan fingerprint density at radius 1 is 1.43 bits per heavy atom. The van der Waals surface area contributed by atoms with Crippen LogP contribution >= 0.6 is 0 Å². The van der Waals surface area contributed by atoms with Gasteiger partial charge >= 0.3 is 6.03 Å². The zero-order valence-corrected chi connectivity index (χ0v) is 11.6. The summed E-state index contributed by atoms with van der Waals surface area (Å²) in [6.45, 7) is 1.51. The average molecular weight is 293 g/mol. The maximum Gasteiger partial charge on any atom is 0.325 e. The maximum absolute atomic E-state index is 13.0. The molecule has 1 heterocycles. The van der Waals surface area contributed by atoms with Crippen LogP contribution in [0.5, 0.6) is 0 Å². The Labute approximate surface area is 121 Å². The first kappa shape index (κ1) is 15.0. The van der Waals surface area contributed by atoms with E-state index in [1.54, 1.807) is 0 Å². The van der Waals surface area contributed by atoms with E-state index in [9.17, 15) is 18.8 Å². The predicted molar refractivity (Wildman–Crippen MR) is 74.0 cm³/mol. The van der Waals surface area contributed by atoms with E-state index in [4.69, 9.17) is 0 Å². The summed E-state index contributed by atoms with van der Waals surface area (Å²) in [5.74, 6) is -1.44. The first-order valence-electron chi connectivity index (χ1n) is 6.68. The summed E-state index contributed by atoms with van der Waals surface area (Å²) in [5.41, 5.74) is 0.275. The molecule has 1 aromatic rings. The van der Waals surface area contributed by atoms with Gasteiger partial charge in [-0.1, -0.05) is 19.4 Å². The van der Waals surface area contributed by atoms with Crippen molar-refractivity contribution >= 4 is 23.5 Å². The molecular weight excluding hydrogens is 277 g/mol. The first-order valence-corrected chi connectivity index (χ1v) is 6.68. The lowest BCUT2D eigenvalue weighted by Crippen LogP contribution is -2.38. The molecule has 1 saturated heterocycles. The van der Waals surface area contributed by atoms with Crippen LogP contribution in [0.15, 0.2) is 24.3 Å². The fourth-order valence-corrected chi connectivity index (χ4v) is 2.12. The van der Waals surface area contributed by atoms with E-state index in [1.807, 2.05) is 6.92 Å². The molecule has 6 nitrogen and oxygen atoms in total. The number of urea groups is 1. The van der Waals surface area contributed by atoms with Crippen LogP contribution in [-0.4, -0.2) is 35.3 Å². The second kappa shape index (κ2) is 6.34. The van der Waals surface area contributed by atoms with Gasteiger partial charge in [-0.15, -0.1) is 0 Å². The minimum atomic E-state index is -0.576. The highest BCUT2D eigenvalue weighted by molar-refractivity contribution is 6.07. The van der Waals surface area contributed by atoms with Gasteiger partial charge in [0.1, 0.15) is 18.4 Å². The summed E-state index contributed by atoms with van der Waals surface area (Å²) in [6.07, 6.45) is 1.28. The van der Waals surface area contributed by atoms with E-state index in [0.29, 0.717) is 6.42 Å². The Morgan fingerprint density at radius 3 is 2.86 bits per heavy atom. The molecule has 1 aliphatic rings. The van der Waals surface area contributed by atoms with Crippen molar-refractivity contribution in [1.29, 1.82) is 0 Å². The van der Waals surface area contributed by atoms with Crippen molar-refractivity contribution in [3.8, 4) is 0 Å². The lowest BCUT2D eigenvalue weighted by atomic mass is 10.2. The van der Waals surface area contributed by atoms with Gasteiger partial charge in [-0.05, 0) is 24.6 Å². The Bertz CT molecular complexity index is 576. The van der Waals surface area contributed by atoms with Crippen molar-refractivity contribution < 1.29 is 18.8 Å². The molecule has 2 rings (SSSR count). The molecule has 0 aliphatic carbocycles. The SMILES string of the molecule is CCCC1NC(=O)N(CC(=O)Nc2cccc(F)c2)C1=O. The number of nitrogens with one attached hydrogen (secondary N) is 2. The monoisotopic (exact) mass is 293 g/mol. The van der Waals surface area contributed by atoms with Crippen LogP contribution in [0.25, 0.3) is 0 Å². The highest BCUT2D eigenvalue weighted by Gasteiger charge is 2.38. The molecule has 1 aromatic carbocycles. The number of anilines is 1. The van der Waals surface area contributed by atoms with Crippen LogP contribution in [0.1, 0.15) is 19.8 Å². The van der Waals surface area contributed by atoms with Gasteiger partial charge in [-0.2, -0.15) is 0 Å². The number of carbonyl (C=O) groups excluding carboxylic acids is 3. The van der Waals surface area contributed by atoms with Crippen LogP contribution in [0.4, 0.5) is 14.9 Å². The number of rotatable bonds is 5. The molecule has 112 valence electrons. The molecular formula is C14H16FN3O3. The van der Waals surface area contributed by atoms with Gasteiger partial charge in [0.05, 0.1) is 0 Å². The van der Waals surface area contributed by atoms with E-state index in [-0.39, 0.29) is 12.2 Å². The molecule has 1 fully saturated rings. The third kappa shape index (κ3) is 3.56. The molecule has 7 heteroatoms. The molecule has 0 aromatic heterocycles. The van der Waals surface area contributed by atoms with Crippen LogP contribution in [0, 0.1) is 5.82 Å². The Hall–Kier alpha value is -2.44. The van der Waals surface area contributed by atoms with Crippen molar-refractivity contribution in [3.63, 3.8) is 0 Å². The zero-order valence-electron chi connectivity index (χ0n) is 11.6. The third-order valence-electron chi connectivity index (χ3n) is 3.09. The van der Waals surface area contributed by atoms with Gasteiger partial charge in [-0.25, -0.2) is 9.18 Å². The van der Waals surface area contributed by atoms with E-state index in [1.165, 1.54) is 18.2 Å². The van der Waals surface area contributed by atoms with Gasteiger partial charge in [0.15, 0.2) is 0 Å². The molecule has 2 N–H and O–H groups in total. The van der Waals surface area contributed by atoms with Crippen molar-refractivity contribution in [3.05, 3.63) is 30.1 Å². The van der Waals surface area contributed by atoms with Crippen LogP contribution in [0.2, 0.25) is 0 Å². The minimum Gasteiger partial charge on any atom is -0.326 e. The lowest BCUT2D eigenvalue weighted by molar-refractivity contribution is -0.130. The van der Waals surface area contributed by atoms with Crippen LogP contribution in [0.3, 0.4) is 0 Å². The molecule has 0 bridgehead atoms. The lowest BCUT2D eigenvalue weighted by Gasteiger charge is -2.13. The van der Waals surface area contributed by atoms with Crippen LogP contribution < -0.4 is 10.6 Å². The molecule has 1 unspecified atom stereocenters. The Balaban J connectivity index is 1.96. The second-order valence-electron chi connectivity index (χ2n) is 4.77. The van der Waals surface area contributed by atoms with Crippen LogP contribution in [-0.2, 0) is 9.59 Å². The quantitative estimate of drug-likeness (QED) is 0.807. The van der Waals surface area contributed by atoms with Crippen molar-refractivity contribution in [2.24, 2.45) is 0 Å². The second-order valence-corrected chi connectivity index (χ2v) is 4.77. The molecule has 0 radical (unpaired) electrons. The molecule has 1 aliphatic heterocycles. The van der Waals surface area contributed by atoms with Gasteiger partial charge in [0.25, 0.3) is 5.91 Å². The van der Waals surface area contributed by atoms with E-state index < -0.39 is 29.7 Å². The topological polar surface area (TPSA) is 78.5 Å². The van der Waals surface area contributed by atoms with Gasteiger partial charge in [0, 0.05) is 5.69 Å². The number of hydrogen-bond acceptors (Lipinski definition) is 3. The number of halogens is 1. The molecule has 0 spiro atoms. The summed E-state index contributed by atoms with van der Waals surface area (Å²) in [6, 6.07) is 4.24. The minimum absolute atomic E-state index is 0.275. The highest BCUT2D eigenvalue weighted by atomic mass is 19.1. The predicted octanol–water partition coefficient (Wildman–Crippen LogP) is 1.48. The molecule has 1 atom stereocenters. The number of imide groups is 1. The number of carbonyl (C=O) groups is 3. The standard InChI is InChI=1S/C14H16FN3O3/c1-2-4-11-13(20)18(14(21)17-11)8-12(19)16-10-6-3-5-9(15)7-10/h3,5-7,11H,2,4,8H2,1H3,(H,16,19)(H,17,21). The van der Waals surface area contributed by atoms with E-state index >= 15 is 0 Å². The fourth-order valence-electron chi connectivity index (χ4n) is 2.12. The highest BCUT2D eigenvalue weighted by Crippen LogP contribution is 2.12. The largest absolute Gasteiger partial charge is 0.326 e. The van der Waals surface area contributed by atoms with Crippen molar-refractivity contribution in [2.75, 3.05) is 11.9 Å². The number of amides is 4. The maximum atomic E-state index is 13.0. The number of benzene rings is 1. The molecule has 21 heavy (non-hydrogen) atoms. The smallest absolute Gasteiger partial charge is 0.325 e. The molecule has 0 saturated carbocycles. The summed E-state index contributed by atoms with van der Waals surface area (Å²) in [7, 11) is 0. The van der Waals surface area contributed by atoms with Crippen molar-refractivity contribution in [2.45, 2.75) is 25.8 Å². The summed E-state index contributed by atoms with van der Waals surface area (Å²) in [5, 5.41) is 4.98. The van der Waals surface area contributed by atoms with E-state index in [0.717, 1.165) is 17.4 Å². The average Bonchev–Trinajstić information content (AvgIpc) is 2.67. The number of nitrogens with zero attached hydrogens (tertiary/aromatic N) is 1. The van der Waals surface area contributed by atoms with Gasteiger partial charge < -0.3 is 10.6 Å². The Morgan fingerprint density at radius 2 is 2.19 bits per heavy atom. The van der Waals surface area contributed by atoms with Gasteiger partial charge in [0.2, 0.25) is 5.91 Å². The summed E-state index contributed by atoms with van der Waals surface area (Å²) < 4.78 is 13.0. The molecule has 4 amide bonds. The Kier molecular flexibility index (Phi) is 4.52. The van der Waals surface area contributed by atoms with Crippen molar-refractivity contribution in [1.82, 2.24) is 10.2 Å². The van der Waals surface area contributed by atoms with E-state index in [2.05, 4.69) is 10.6 Å². The third-order valence-corrected chi connectivity index (χ3v) is 3.09.